The van der Waals surface area contributed by atoms with E-state index < -0.39 is 0 Å². The number of aromatic nitrogens is 2. The monoisotopic (exact) mass is 269 g/mol. The second kappa shape index (κ2) is 6.13. The molecule has 1 aromatic rings. The molecule has 1 aliphatic rings. The molecule has 1 aromatic heterocycles. The van der Waals surface area contributed by atoms with Gasteiger partial charge in [0.25, 0.3) is 5.56 Å². The topological polar surface area (TPSA) is 67.0 Å². The molecule has 0 amide bonds. The lowest BCUT2D eigenvalue weighted by atomic mass is 9.95. The van der Waals surface area contributed by atoms with E-state index in [1.54, 1.807) is 0 Å². The first-order chi connectivity index (χ1) is 8.76. The molecule has 1 saturated carbocycles. The van der Waals surface area contributed by atoms with Gasteiger partial charge in [0, 0.05) is 11.3 Å². The van der Waals surface area contributed by atoms with Crippen LogP contribution in [0.4, 0.5) is 5.82 Å². The number of rotatable bonds is 4. The number of thioether (sulfide) groups is 1. The molecule has 2 unspecified atom stereocenters. The van der Waals surface area contributed by atoms with Gasteiger partial charge in [0.15, 0.2) is 5.82 Å². The third-order valence-corrected chi connectivity index (χ3v) is 4.51. The zero-order valence-corrected chi connectivity index (χ0v) is 11.5. The lowest BCUT2D eigenvalue weighted by Gasteiger charge is -2.31. The molecule has 5 nitrogen and oxygen atoms in total. The van der Waals surface area contributed by atoms with Crippen LogP contribution < -0.4 is 15.6 Å². The Morgan fingerprint density at radius 3 is 3.00 bits per heavy atom. The average molecular weight is 269 g/mol. The largest absolute Gasteiger partial charge is 0.489 e. The summed E-state index contributed by atoms with van der Waals surface area (Å²) in [5.74, 6) is 0.815. The van der Waals surface area contributed by atoms with E-state index in [4.69, 9.17) is 4.74 Å². The van der Waals surface area contributed by atoms with Crippen molar-refractivity contribution in [2.75, 3.05) is 18.7 Å². The molecule has 1 heterocycles. The van der Waals surface area contributed by atoms with Crippen LogP contribution in [-0.2, 0) is 0 Å². The molecule has 2 atom stereocenters. The minimum atomic E-state index is -0.244. The number of hydrogen-bond acceptors (Lipinski definition) is 5. The summed E-state index contributed by atoms with van der Waals surface area (Å²) in [6.45, 7) is 0. The summed E-state index contributed by atoms with van der Waals surface area (Å²) in [6, 6.07) is 0.358. The van der Waals surface area contributed by atoms with Crippen LogP contribution in [0.25, 0.3) is 0 Å². The lowest BCUT2D eigenvalue weighted by Crippen LogP contribution is -2.35. The van der Waals surface area contributed by atoms with Crippen molar-refractivity contribution < 1.29 is 4.74 Å². The van der Waals surface area contributed by atoms with Crippen molar-refractivity contribution >= 4 is 17.6 Å². The first kappa shape index (κ1) is 13.3. The Kier molecular flexibility index (Phi) is 4.52. The Hall–Kier alpha value is -1.17. The van der Waals surface area contributed by atoms with Gasteiger partial charge in [-0.15, -0.1) is 0 Å². The zero-order chi connectivity index (χ0) is 13.0. The van der Waals surface area contributed by atoms with E-state index in [1.807, 2.05) is 11.8 Å². The van der Waals surface area contributed by atoms with Crippen LogP contribution in [0.1, 0.15) is 25.7 Å². The molecule has 2 N–H and O–H groups in total. The van der Waals surface area contributed by atoms with Crippen molar-refractivity contribution in [3.63, 3.8) is 0 Å². The molecule has 2 rings (SSSR count). The fourth-order valence-corrected chi connectivity index (χ4v) is 3.33. The van der Waals surface area contributed by atoms with Gasteiger partial charge >= 0.3 is 0 Å². The first-order valence-corrected chi connectivity index (χ1v) is 7.46. The standard InChI is InChI=1S/C12H19N3O2S/c1-17-10-11(13-7-14-12(10)16)15-8-5-3-4-6-9(8)18-2/h7-9H,3-6H2,1-2H3,(H2,13,14,15,16). The first-order valence-electron chi connectivity index (χ1n) is 6.17. The lowest BCUT2D eigenvalue weighted by molar-refractivity contribution is 0.405. The number of anilines is 1. The van der Waals surface area contributed by atoms with Crippen LogP contribution in [0.5, 0.6) is 5.75 Å². The second-order valence-electron chi connectivity index (χ2n) is 4.42. The Balaban J connectivity index is 2.17. The third kappa shape index (κ3) is 2.80. The maximum Gasteiger partial charge on any atom is 0.295 e. The zero-order valence-electron chi connectivity index (χ0n) is 10.7. The molecule has 0 spiro atoms. The predicted octanol–water partition coefficient (Wildman–Crippen LogP) is 1.86. The van der Waals surface area contributed by atoms with Gasteiger partial charge in [-0.1, -0.05) is 12.8 Å². The van der Waals surface area contributed by atoms with E-state index in [1.165, 1.54) is 32.7 Å². The van der Waals surface area contributed by atoms with E-state index in [-0.39, 0.29) is 11.3 Å². The molecule has 1 aliphatic carbocycles. The molecular formula is C12H19N3O2S. The van der Waals surface area contributed by atoms with Crippen molar-refractivity contribution in [1.82, 2.24) is 9.97 Å². The van der Waals surface area contributed by atoms with Crippen molar-refractivity contribution in [1.29, 1.82) is 0 Å². The van der Waals surface area contributed by atoms with E-state index in [9.17, 15) is 4.79 Å². The molecule has 0 saturated heterocycles. The van der Waals surface area contributed by atoms with Crippen LogP contribution in [0.15, 0.2) is 11.1 Å². The van der Waals surface area contributed by atoms with Crippen molar-refractivity contribution in [2.24, 2.45) is 0 Å². The van der Waals surface area contributed by atoms with Gasteiger partial charge in [0.1, 0.15) is 0 Å². The molecule has 1 fully saturated rings. The van der Waals surface area contributed by atoms with Crippen LogP contribution in [0, 0.1) is 0 Å². The van der Waals surface area contributed by atoms with Gasteiger partial charge in [-0.05, 0) is 19.1 Å². The maximum atomic E-state index is 11.6. The summed E-state index contributed by atoms with van der Waals surface area (Å²) in [7, 11) is 1.49. The Labute approximate surface area is 111 Å². The van der Waals surface area contributed by atoms with Gasteiger partial charge in [0.05, 0.1) is 13.4 Å². The van der Waals surface area contributed by atoms with Gasteiger partial charge < -0.3 is 15.0 Å². The summed E-state index contributed by atoms with van der Waals surface area (Å²) < 4.78 is 5.11. The second-order valence-corrected chi connectivity index (χ2v) is 5.50. The molecule has 6 heteroatoms. The van der Waals surface area contributed by atoms with Crippen molar-refractivity contribution in [2.45, 2.75) is 37.0 Å². The fourth-order valence-electron chi connectivity index (χ4n) is 2.40. The highest BCUT2D eigenvalue weighted by Crippen LogP contribution is 2.30. The normalized spacial score (nSPS) is 23.7. The smallest absolute Gasteiger partial charge is 0.295 e. The number of ether oxygens (including phenoxy) is 1. The summed E-state index contributed by atoms with van der Waals surface area (Å²) in [5, 5.41) is 3.94. The van der Waals surface area contributed by atoms with Crippen LogP contribution in [-0.4, -0.2) is 34.6 Å². The Bertz CT molecular complexity index is 449. The van der Waals surface area contributed by atoms with Gasteiger partial charge in [-0.2, -0.15) is 11.8 Å². The molecule has 18 heavy (non-hydrogen) atoms. The molecule has 0 bridgehead atoms. The number of nitrogens with one attached hydrogen (secondary N) is 2. The third-order valence-electron chi connectivity index (χ3n) is 3.34. The Morgan fingerprint density at radius 1 is 1.50 bits per heavy atom. The SMILES string of the molecule is COc1c(NC2CCCCC2SC)nc[nH]c1=O. The van der Waals surface area contributed by atoms with Crippen LogP contribution in [0.2, 0.25) is 0 Å². The highest BCUT2D eigenvalue weighted by atomic mass is 32.2. The minimum Gasteiger partial charge on any atom is -0.489 e. The summed E-state index contributed by atoms with van der Waals surface area (Å²) in [5.41, 5.74) is -0.244. The Morgan fingerprint density at radius 2 is 2.28 bits per heavy atom. The number of hydrogen-bond donors (Lipinski definition) is 2. The quantitative estimate of drug-likeness (QED) is 0.873. The van der Waals surface area contributed by atoms with E-state index in [0.717, 1.165) is 6.42 Å². The molecular weight excluding hydrogens is 250 g/mol. The highest BCUT2D eigenvalue weighted by molar-refractivity contribution is 7.99. The molecule has 0 aliphatic heterocycles. The van der Waals surface area contributed by atoms with E-state index in [0.29, 0.717) is 17.1 Å². The minimum absolute atomic E-state index is 0.244. The number of aromatic amines is 1. The van der Waals surface area contributed by atoms with Gasteiger partial charge in [0.2, 0.25) is 5.75 Å². The summed E-state index contributed by atoms with van der Waals surface area (Å²) in [6.07, 6.45) is 8.37. The van der Waals surface area contributed by atoms with E-state index in [2.05, 4.69) is 21.5 Å². The number of H-pyrrole nitrogens is 1. The predicted molar refractivity (Wildman–Crippen MR) is 74.6 cm³/mol. The summed E-state index contributed by atoms with van der Waals surface area (Å²) in [4.78, 5) is 18.3. The summed E-state index contributed by atoms with van der Waals surface area (Å²) >= 11 is 1.87. The van der Waals surface area contributed by atoms with Gasteiger partial charge in [-0.25, -0.2) is 4.98 Å². The van der Waals surface area contributed by atoms with Gasteiger partial charge in [-0.3, -0.25) is 4.79 Å². The van der Waals surface area contributed by atoms with Crippen molar-refractivity contribution in [3.05, 3.63) is 16.7 Å². The number of methoxy groups -OCH3 is 1. The van der Waals surface area contributed by atoms with Crippen LogP contribution >= 0.6 is 11.8 Å². The fraction of sp³-hybridized carbons (Fsp3) is 0.667. The number of nitrogens with zero attached hydrogens (tertiary/aromatic N) is 1. The molecule has 100 valence electrons. The average Bonchev–Trinajstić information content (AvgIpc) is 2.40. The highest BCUT2D eigenvalue weighted by Gasteiger charge is 2.25. The molecule has 0 radical (unpaired) electrons. The van der Waals surface area contributed by atoms with Crippen LogP contribution in [0.3, 0.4) is 0 Å². The molecule has 0 aromatic carbocycles. The maximum absolute atomic E-state index is 11.6. The van der Waals surface area contributed by atoms with E-state index >= 15 is 0 Å². The van der Waals surface area contributed by atoms with Crippen molar-refractivity contribution in [3.8, 4) is 5.75 Å².